The summed E-state index contributed by atoms with van der Waals surface area (Å²) in [6.07, 6.45) is 0. The summed E-state index contributed by atoms with van der Waals surface area (Å²) in [5.41, 5.74) is 3.88. The minimum Gasteiger partial charge on any atom is -0.367 e. The average Bonchev–Trinajstić information content (AvgIpc) is 2.58. The van der Waals surface area contributed by atoms with Gasteiger partial charge >= 0.3 is 0 Å². The Morgan fingerprint density at radius 1 is 0.958 bits per heavy atom. The van der Waals surface area contributed by atoms with E-state index in [1.807, 2.05) is 16.7 Å². The number of hydrogen-bond acceptors (Lipinski definition) is 3. The molecule has 0 saturated carbocycles. The van der Waals surface area contributed by atoms with Crippen LogP contribution in [0.4, 0.5) is 5.69 Å². The van der Waals surface area contributed by atoms with Crippen LogP contribution in [0.1, 0.15) is 18.1 Å². The molecule has 3 rings (SSSR count). The van der Waals surface area contributed by atoms with Gasteiger partial charge in [-0.1, -0.05) is 41.6 Å². The predicted molar refractivity (Wildman–Crippen MR) is 101 cm³/mol. The van der Waals surface area contributed by atoms with Crippen LogP contribution in [0.15, 0.2) is 52.3 Å². The van der Waals surface area contributed by atoms with Crippen LogP contribution in [-0.2, 0) is 4.79 Å². The van der Waals surface area contributed by atoms with Gasteiger partial charge in [0.05, 0.1) is 5.69 Å². The molecule has 0 bridgehead atoms. The summed E-state index contributed by atoms with van der Waals surface area (Å²) < 4.78 is 0. The lowest BCUT2D eigenvalue weighted by molar-refractivity contribution is -0.129. The van der Waals surface area contributed by atoms with Gasteiger partial charge in [-0.15, -0.1) is 0 Å². The van der Waals surface area contributed by atoms with Crippen molar-refractivity contribution in [3.05, 3.63) is 53.6 Å². The summed E-state index contributed by atoms with van der Waals surface area (Å²) in [6, 6.07) is 15.2. The van der Waals surface area contributed by atoms with Crippen LogP contribution in [0, 0.1) is 13.8 Å². The van der Waals surface area contributed by atoms with Crippen molar-refractivity contribution in [3.8, 4) is 0 Å². The monoisotopic (exact) mass is 340 g/mol. The molecule has 1 amide bonds. The first-order chi connectivity index (χ1) is 11.5. The van der Waals surface area contributed by atoms with Gasteiger partial charge in [-0.2, -0.15) is 0 Å². The highest BCUT2D eigenvalue weighted by Gasteiger charge is 2.20. The van der Waals surface area contributed by atoms with E-state index in [1.165, 1.54) is 26.6 Å². The number of piperazine rings is 1. The number of aryl methyl sites for hydroxylation is 2. The highest BCUT2D eigenvalue weighted by molar-refractivity contribution is 7.99. The Morgan fingerprint density at radius 3 is 2.33 bits per heavy atom. The topological polar surface area (TPSA) is 23.6 Å². The Kier molecular flexibility index (Phi) is 5.14. The van der Waals surface area contributed by atoms with E-state index in [4.69, 9.17) is 0 Å². The van der Waals surface area contributed by atoms with Crippen molar-refractivity contribution >= 4 is 23.4 Å². The lowest BCUT2D eigenvalue weighted by Crippen LogP contribution is -2.48. The molecule has 1 aliphatic heterocycles. The molecule has 2 aromatic rings. The minimum atomic E-state index is 0.174. The summed E-state index contributed by atoms with van der Waals surface area (Å²) in [4.78, 5) is 18.4. The van der Waals surface area contributed by atoms with Gasteiger partial charge in [0, 0.05) is 42.9 Å². The van der Waals surface area contributed by atoms with Crippen LogP contribution in [0.5, 0.6) is 0 Å². The first-order valence-corrected chi connectivity index (χ1v) is 9.21. The van der Waals surface area contributed by atoms with Gasteiger partial charge < -0.3 is 9.80 Å². The summed E-state index contributed by atoms with van der Waals surface area (Å²) in [7, 11) is 0. The third-order valence-electron chi connectivity index (χ3n) is 4.48. The molecule has 1 saturated heterocycles. The van der Waals surface area contributed by atoms with Gasteiger partial charge in [0.15, 0.2) is 0 Å². The highest BCUT2D eigenvalue weighted by Crippen LogP contribution is 2.37. The van der Waals surface area contributed by atoms with Crippen molar-refractivity contribution in [2.45, 2.75) is 30.6 Å². The number of amides is 1. The molecular formula is C20H24N2OS. The third kappa shape index (κ3) is 3.75. The molecule has 126 valence electrons. The fourth-order valence-electron chi connectivity index (χ4n) is 3.10. The zero-order valence-electron chi connectivity index (χ0n) is 14.6. The maximum Gasteiger partial charge on any atom is 0.219 e. The average molecular weight is 340 g/mol. The Hall–Kier alpha value is -1.94. The smallest absolute Gasteiger partial charge is 0.219 e. The van der Waals surface area contributed by atoms with Gasteiger partial charge in [-0.3, -0.25) is 4.79 Å². The summed E-state index contributed by atoms with van der Waals surface area (Å²) >= 11 is 1.83. The van der Waals surface area contributed by atoms with E-state index in [9.17, 15) is 4.79 Å². The Balaban J connectivity index is 1.80. The third-order valence-corrected chi connectivity index (χ3v) is 5.72. The quantitative estimate of drug-likeness (QED) is 0.839. The van der Waals surface area contributed by atoms with Gasteiger partial charge in [0.1, 0.15) is 0 Å². The zero-order chi connectivity index (χ0) is 17.1. The number of nitrogens with zero attached hydrogens (tertiary/aromatic N) is 2. The fourth-order valence-corrected chi connectivity index (χ4v) is 4.14. The first kappa shape index (κ1) is 16.9. The van der Waals surface area contributed by atoms with Crippen molar-refractivity contribution in [1.82, 2.24) is 4.90 Å². The SMILES string of the molecule is CC(=O)N1CCN(c2ccccc2Sc2ccc(C)cc2C)CC1. The second kappa shape index (κ2) is 7.31. The molecule has 24 heavy (non-hydrogen) atoms. The van der Waals surface area contributed by atoms with Crippen LogP contribution in [0.25, 0.3) is 0 Å². The van der Waals surface area contributed by atoms with Crippen molar-refractivity contribution in [2.24, 2.45) is 0 Å². The van der Waals surface area contributed by atoms with Gasteiger partial charge in [0.2, 0.25) is 5.91 Å². The molecule has 0 spiro atoms. The summed E-state index contributed by atoms with van der Waals surface area (Å²) in [5.74, 6) is 0.174. The van der Waals surface area contributed by atoms with Crippen LogP contribution < -0.4 is 4.90 Å². The molecule has 1 fully saturated rings. The van der Waals surface area contributed by atoms with E-state index in [0.717, 1.165) is 26.2 Å². The molecule has 0 unspecified atom stereocenters. The molecule has 1 aliphatic rings. The second-order valence-corrected chi connectivity index (χ2v) is 7.42. The number of anilines is 1. The lowest BCUT2D eigenvalue weighted by atomic mass is 10.2. The zero-order valence-corrected chi connectivity index (χ0v) is 15.4. The van der Waals surface area contributed by atoms with E-state index < -0.39 is 0 Å². The molecule has 2 aromatic carbocycles. The van der Waals surface area contributed by atoms with Crippen molar-refractivity contribution in [2.75, 3.05) is 31.1 Å². The second-order valence-electron chi connectivity index (χ2n) is 6.33. The van der Waals surface area contributed by atoms with E-state index >= 15 is 0 Å². The summed E-state index contributed by atoms with van der Waals surface area (Å²) in [6.45, 7) is 9.34. The molecule has 1 heterocycles. The van der Waals surface area contributed by atoms with E-state index in [2.05, 4.69) is 61.2 Å². The normalized spacial score (nSPS) is 14.8. The number of para-hydroxylation sites is 1. The van der Waals surface area contributed by atoms with Gasteiger partial charge in [-0.25, -0.2) is 0 Å². The van der Waals surface area contributed by atoms with Crippen molar-refractivity contribution in [1.29, 1.82) is 0 Å². The van der Waals surface area contributed by atoms with Gasteiger partial charge in [0.25, 0.3) is 0 Å². The van der Waals surface area contributed by atoms with Crippen molar-refractivity contribution < 1.29 is 4.79 Å². The number of benzene rings is 2. The maximum atomic E-state index is 11.5. The molecule has 4 heteroatoms. The number of rotatable bonds is 3. The van der Waals surface area contributed by atoms with E-state index in [-0.39, 0.29) is 5.91 Å². The molecular weight excluding hydrogens is 316 g/mol. The van der Waals surface area contributed by atoms with Crippen molar-refractivity contribution in [3.63, 3.8) is 0 Å². The molecule has 0 aliphatic carbocycles. The Morgan fingerprint density at radius 2 is 1.67 bits per heavy atom. The van der Waals surface area contributed by atoms with Crippen LogP contribution in [-0.4, -0.2) is 37.0 Å². The Labute approximate surface area is 148 Å². The Bertz CT molecular complexity index is 736. The van der Waals surface area contributed by atoms with Crippen LogP contribution in [0.3, 0.4) is 0 Å². The van der Waals surface area contributed by atoms with Gasteiger partial charge in [-0.05, 0) is 37.6 Å². The number of hydrogen-bond donors (Lipinski definition) is 0. The first-order valence-electron chi connectivity index (χ1n) is 8.39. The number of carbonyl (C=O) groups excluding carboxylic acids is 1. The summed E-state index contributed by atoms with van der Waals surface area (Å²) in [5, 5.41) is 0. The minimum absolute atomic E-state index is 0.174. The largest absolute Gasteiger partial charge is 0.367 e. The molecule has 3 nitrogen and oxygen atoms in total. The van der Waals surface area contributed by atoms with Crippen LogP contribution >= 0.6 is 11.8 Å². The van der Waals surface area contributed by atoms with Crippen LogP contribution in [0.2, 0.25) is 0 Å². The standard InChI is InChI=1S/C20H24N2OS/c1-15-8-9-19(16(2)14-15)24-20-7-5-4-6-18(20)22-12-10-21(11-13-22)17(3)23/h4-9,14H,10-13H2,1-3H3. The predicted octanol–water partition coefficient (Wildman–Crippen LogP) is 4.12. The maximum absolute atomic E-state index is 11.5. The molecule has 0 radical (unpaired) electrons. The lowest BCUT2D eigenvalue weighted by Gasteiger charge is -2.36. The highest BCUT2D eigenvalue weighted by atomic mass is 32.2. The molecule has 0 aromatic heterocycles. The van der Waals surface area contributed by atoms with E-state index in [0.29, 0.717) is 0 Å². The molecule has 0 atom stereocenters. The van der Waals surface area contributed by atoms with E-state index in [1.54, 1.807) is 6.92 Å². The molecule has 0 N–H and O–H groups in total. The number of carbonyl (C=O) groups is 1. The fraction of sp³-hybridized carbons (Fsp3) is 0.350.